The van der Waals surface area contributed by atoms with Gasteiger partial charge in [-0.2, -0.15) is 0 Å². The molecule has 5 nitrogen and oxygen atoms in total. The van der Waals surface area contributed by atoms with Gasteiger partial charge >= 0.3 is 0 Å². The lowest BCUT2D eigenvalue weighted by Crippen LogP contribution is -2.40. The Morgan fingerprint density at radius 1 is 1.24 bits per heavy atom. The lowest BCUT2D eigenvalue weighted by molar-refractivity contribution is 0.197. The maximum atomic E-state index is 5.06. The summed E-state index contributed by atoms with van der Waals surface area (Å²) in [5, 5.41) is 6.71. The van der Waals surface area contributed by atoms with E-state index < -0.39 is 0 Å². The van der Waals surface area contributed by atoms with Crippen LogP contribution in [0.4, 0.5) is 0 Å². The van der Waals surface area contributed by atoms with E-state index in [4.69, 9.17) is 4.74 Å². The van der Waals surface area contributed by atoms with E-state index in [2.05, 4.69) is 71.8 Å². The van der Waals surface area contributed by atoms with Crippen molar-refractivity contribution in [2.24, 2.45) is 4.99 Å². The molecule has 0 aliphatic heterocycles. The number of benzene rings is 1. The molecule has 1 atom stereocenters. The topological polar surface area (TPSA) is 48.9 Å². The number of aliphatic imine (C=N–C) groups is 1. The van der Waals surface area contributed by atoms with Gasteiger partial charge in [0, 0.05) is 45.9 Å². The van der Waals surface area contributed by atoms with Crippen molar-refractivity contribution in [3.8, 4) is 0 Å². The molecule has 1 unspecified atom stereocenters. The molecule has 25 heavy (non-hydrogen) atoms. The molecular formula is C19H35IN4O. The quantitative estimate of drug-likeness (QED) is 0.230. The van der Waals surface area contributed by atoms with Crippen LogP contribution in [0.3, 0.4) is 0 Å². The van der Waals surface area contributed by atoms with E-state index in [1.54, 1.807) is 7.11 Å². The minimum Gasteiger partial charge on any atom is -0.385 e. The minimum absolute atomic E-state index is 0. The molecule has 0 radical (unpaired) electrons. The van der Waals surface area contributed by atoms with E-state index in [1.807, 2.05) is 0 Å². The second-order valence-corrected chi connectivity index (χ2v) is 6.07. The first kappa shape index (κ1) is 24.1. The van der Waals surface area contributed by atoms with Gasteiger partial charge in [0.2, 0.25) is 0 Å². The molecule has 144 valence electrons. The van der Waals surface area contributed by atoms with Crippen molar-refractivity contribution in [1.82, 2.24) is 15.5 Å². The summed E-state index contributed by atoms with van der Waals surface area (Å²) in [6.45, 7) is 8.66. The van der Waals surface area contributed by atoms with E-state index in [0.717, 1.165) is 51.6 Å². The second-order valence-electron chi connectivity index (χ2n) is 6.07. The van der Waals surface area contributed by atoms with Crippen LogP contribution in [0, 0.1) is 0 Å². The summed E-state index contributed by atoms with van der Waals surface area (Å²) < 4.78 is 5.06. The molecule has 1 aromatic carbocycles. The first-order chi connectivity index (χ1) is 11.7. The van der Waals surface area contributed by atoms with Crippen molar-refractivity contribution >= 4 is 29.9 Å². The Hall–Kier alpha value is -0.860. The van der Waals surface area contributed by atoms with E-state index in [9.17, 15) is 0 Å². The average molecular weight is 462 g/mol. The van der Waals surface area contributed by atoms with Crippen LogP contribution in [0.2, 0.25) is 0 Å². The Morgan fingerprint density at radius 2 is 1.96 bits per heavy atom. The van der Waals surface area contributed by atoms with Gasteiger partial charge in [0.25, 0.3) is 0 Å². The molecule has 1 aromatic rings. The molecule has 6 heteroatoms. The molecule has 0 aromatic heterocycles. The molecule has 0 amide bonds. The summed E-state index contributed by atoms with van der Waals surface area (Å²) in [6, 6.07) is 11.1. The van der Waals surface area contributed by atoms with Gasteiger partial charge < -0.3 is 15.4 Å². The Morgan fingerprint density at radius 3 is 2.60 bits per heavy atom. The van der Waals surface area contributed by atoms with E-state index >= 15 is 0 Å². The average Bonchev–Trinajstić information content (AvgIpc) is 2.59. The monoisotopic (exact) mass is 462 g/mol. The molecule has 0 aliphatic rings. The molecular weight excluding hydrogens is 427 g/mol. The molecule has 0 bridgehead atoms. The van der Waals surface area contributed by atoms with Crippen LogP contribution in [0.15, 0.2) is 35.3 Å². The van der Waals surface area contributed by atoms with Gasteiger partial charge in [-0.05, 0) is 39.3 Å². The molecule has 0 saturated carbocycles. The molecule has 0 fully saturated rings. The SMILES string of the molecule is CCNC(=NCCCOC)NCCC(C)N(C)Cc1ccccc1.I. The fourth-order valence-electron chi connectivity index (χ4n) is 2.39. The molecule has 0 heterocycles. The standard InChI is InChI=1S/C19H34N4O.HI/c1-5-20-19(21-13-9-15-24-4)22-14-12-17(2)23(3)16-18-10-7-6-8-11-18;/h6-8,10-11,17H,5,9,12-16H2,1-4H3,(H2,20,21,22);1H. The minimum atomic E-state index is 0. The van der Waals surface area contributed by atoms with Crippen molar-refractivity contribution in [1.29, 1.82) is 0 Å². The molecule has 0 spiro atoms. The maximum absolute atomic E-state index is 5.06. The van der Waals surface area contributed by atoms with Gasteiger partial charge in [0.15, 0.2) is 5.96 Å². The van der Waals surface area contributed by atoms with Gasteiger partial charge in [-0.15, -0.1) is 24.0 Å². The van der Waals surface area contributed by atoms with Crippen molar-refractivity contribution in [3.05, 3.63) is 35.9 Å². The number of nitrogens with zero attached hydrogens (tertiary/aromatic N) is 2. The van der Waals surface area contributed by atoms with Gasteiger partial charge in [-0.1, -0.05) is 30.3 Å². The Labute approximate surface area is 170 Å². The largest absolute Gasteiger partial charge is 0.385 e. The third-order valence-electron chi connectivity index (χ3n) is 4.00. The highest BCUT2D eigenvalue weighted by molar-refractivity contribution is 14.0. The highest BCUT2D eigenvalue weighted by Crippen LogP contribution is 2.07. The number of ether oxygens (including phenoxy) is 1. The zero-order chi connectivity index (χ0) is 17.6. The summed E-state index contributed by atoms with van der Waals surface area (Å²) in [6.07, 6.45) is 2.02. The van der Waals surface area contributed by atoms with Crippen LogP contribution in [-0.4, -0.2) is 57.3 Å². The van der Waals surface area contributed by atoms with Crippen molar-refractivity contribution < 1.29 is 4.74 Å². The zero-order valence-corrected chi connectivity index (χ0v) is 18.5. The summed E-state index contributed by atoms with van der Waals surface area (Å²) in [5.41, 5.74) is 1.35. The summed E-state index contributed by atoms with van der Waals surface area (Å²) >= 11 is 0. The van der Waals surface area contributed by atoms with Gasteiger partial charge in [-0.3, -0.25) is 9.89 Å². The van der Waals surface area contributed by atoms with Crippen LogP contribution in [0.25, 0.3) is 0 Å². The normalized spacial score (nSPS) is 12.6. The van der Waals surface area contributed by atoms with Gasteiger partial charge in [0.1, 0.15) is 0 Å². The lowest BCUT2D eigenvalue weighted by atomic mass is 10.1. The second kappa shape index (κ2) is 15.4. The first-order valence-corrected chi connectivity index (χ1v) is 8.92. The molecule has 2 N–H and O–H groups in total. The van der Waals surface area contributed by atoms with Crippen LogP contribution in [-0.2, 0) is 11.3 Å². The third kappa shape index (κ3) is 11.4. The van der Waals surface area contributed by atoms with E-state index in [0.29, 0.717) is 6.04 Å². The number of rotatable bonds is 11. The van der Waals surface area contributed by atoms with Gasteiger partial charge in [0.05, 0.1) is 0 Å². The molecule has 0 aliphatic carbocycles. The van der Waals surface area contributed by atoms with Crippen LogP contribution < -0.4 is 10.6 Å². The van der Waals surface area contributed by atoms with Crippen molar-refractivity contribution in [2.45, 2.75) is 39.3 Å². The number of halogens is 1. The van der Waals surface area contributed by atoms with Crippen molar-refractivity contribution in [3.63, 3.8) is 0 Å². The highest BCUT2D eigenvalue weighted by Gasteiger charge is 2.09. The molecule has 1 rings (SSSR count). The fourth-order valence-corrected chi connectivity index (χ4v) is 2.39. The third-order valence-corrected chi connectivity index (χ3v) is 4.00. The van der Waals surface area contributed by atoms with E-state index in [1.165, 1.54) is 5.56 Å². The number of hydrogen-bond donors (Lipinski definition) is 2. The predicted octanol–water partition coefficient (Wildman–Crippen LogP) is 3.11. The molecule has 0 saturated heterocycles. The first-order valence-electron chi connectivity index (χ1n) is 8.92. The number of nitrogens with one attached hydrogen (secondary N) is 2. The smallest absolute Gasteiger partial charge is 0.191 e. The van der Waals surface area contributed by atoms with E-state index in [-0.39, 0.29) is 24.0 Å². The predicted molar refractivity (Wildman–Crippen MR) is 118 cm³/mol. The summed E-state index contributed by atoms with van der Waals surface area (Å²) in [7, 11) is 3.90. The Balaban J connectivity index is 0.00000576. The fraction of sp³-hybridized carbons (Fsp3) is 0.632. The maximum Gasteiger partial charge on any atom is 0.191 e. The van der Waals surface area contributed by atoms with Crippen molar-refractivity contribution in [2.75, 3.05) is 40.4 Å². The Kier molecular flexibility index (Phi) is 14.9. The number of hydrogen-bond acceptors (Lipinski definition) is 3. The summed E-state index contributed by atoms with van der Waals surface area (Å²) in [4.78, 5) is 6.95. The van der Waals surface area contributed by atoms with Gasteiger partial charge in [-0.25, -0.2) is 0 Å². The number of guanidine groups is 1. The summed E-state index contributed by atoms with van der Waals surface area (Å²) in [5.74, 6) is 0.895. The van der Waals surface area contributed by atoms with Crippen LogP contribution >= 0.6 is 24.0 Å². The van der Waals surface area contributed by atoms with Crippen LogP contribution in [0.1, 0.15) is 32.3 Å². The van der Waals surface area contributed by atoms with Crippen LogP contribution in [0.5, 0.6) is 0 Å². The Bertz CT molecular complexity index is 456. The lowest BCUT2D eigenvalue weighted by Gasteiger charge is -2.25. The number of methoxy groups -OCH3 is 1. The zero-order valence-electron chi connectivity index (χ0n) is 16.1. The highest BCUT2D eigenvalue weighted by atomic mass is 127.